The molecule has 128 valence electrons. The van der Waals surface area contributed by atoms with Crippen LogP contribution in [0.25, 0.3) is 0 Å². The second-order valence-corrected chi connectivity index (χ2v) is 5.86. The van der Waals surface area contributed by atoms with Crippen molar-refractivity contribution < 1.29 is 18.8 Å². The van der Waals surface area contributed by atoms with Gasteiger partial charge in [-0.15, -0.1) is 0 Å². The summed E-state index contributed by atoms with van der Waals surface area (Å²) in [6.07, 6.45) is 0. The molecule has 2 heterocycles. The Bertz CT molecular complexity index is 728. The van der Waals surface area contributed by atoms with Gasteiger partial charge in [-0.2, -0.15) is 0 Å². The number of aromatic nitrogens is 1. The smallest absolute Gasteiger partial charge is 0.317 e. The maximum atomic E-state index is 12.3. The number of hydrogen-bond donors (Lipinski definition) is 1. The van der Waals surface area contributed by atoms with E-state index in [-0.39, 0.29) is 12.1 Å². The van der Waals surface area contributed by atoms with Crippen molar-refractivity contribution in [3.63, 3.8) is 0 Å². The van der Waals surface area contributed by atoms with Crippen LogP contribution in [0.15, 0.2) is 28.8 Å². The van der Waals surface area contributed by atoms with Crippen LogP contribution in [0.5, 0.6) is 11.5 Å². The van der Waals surface area contributed by atoms with Gasteiger partial charge >= 0.3 is 6.03 Å². The Kier molecular flexibility index (Phi) is 4.59. The first-order chi connectivity index (χ1) is 11.5. The van der Waals surface area contributed by atoms with E-state index < -0.39 is 0 Å². The molecule has 1 aliphatic rings. The molecule has 7 heteroatoms. The van der Waals surface area contributed by atoms with Crippen LogP contribution in [0.1, 0.15) is 30.0 Å². The second kappa shape index (κ2) is 6.82. The van der Waals surface area contributed by atoms with Gasteiger partial charge in [0.2, 0.25) is 0 Å². The summed E-state index contributed by atoms with van der Waals surface area (Å²) in [7, 11) is 1.72. The number of urea groups is 1. The highest BCUT2D eigenvalue weighted by Gasteiger charge is 2.18. The van der Waals surface area contributed by atoms with Crippen LogP contribution in [0.3, 0.4) is 0 Å². The monoisotopic (exact) mass is 331 g/mol. The van der Waals surface area contributed by atoms with Crippen LogP contribution in [-0.2, 0) is 6.54 Å². The lowest BCUT2D eigenvalue weighted by Crippen LogP contribution is -2.38. The van der Waals surface area contributed by atoms with Crippen molar-refractivity contribution >= 4 is 6.03 Å². The number of aryl methyl sites for hydroxylation is 1. The number of benzene rings is 1. The molecule has 0 aliphatic carbocycles. The highest BCUT2D eigenvalue weighted by molar-refractivity contribution is 5.74. The minimum atomic E-state index is -0.182. The molecule has 0 unspecified atom stereocenters. The predicted molar refractivity (Wildman–Crippen MR) is 87.1 cm³/mol. The van der Waals surface area contributed by atoms with Crippen molar-refractivity contribution in [1.29, 1.82) is 0 Å². The Morgan fingerprint density at radius 1 is 1.29 bits per heavy atom. The second-order valence-electron chi connectivity index (χ2n) is 5.86. The number of carbonyl (C=O) groups is 1. The number of nitrogens with one attached hydrogen (secondary N) is 1. The zero-order chi connectivity index (χ0) is 17.1. The Balaban J connectivity index is 1.61. The fourth-order valence-corrected chi connectivity index (χ4v) is 2.52. The number of fused-ring (bicyclic) bond motifs is 1. The van der Waals surface area contributed by atoms with Crippen LogP contribution < -0.4 is 14.8 Å². The molecule has 0 saturated heterocycles. The van der Waals surface area contributed by atoms with E-state index in [1.807, 2.05) is 38.1 Å². The zero-order valence-corrected chi connectivity index (χ0v) is 14.0. The quantitative estimate of drug-likeness (QED) is 0.932. The van der Waals surface area contributed by atoms with E-state index in [0.717, 1.165) is 22.8 Å². The Labute approximate surface area is 140 Å². The standard InChI is InChI=1S/C17H21N3O4/c1-11-8-14(19-24-11)10-20(3)17(21)18-12(2)13-4-5-15-16(9-13)23-7-6-22-15/h4-5,8-9,12H,6-7,10H2,1-3H3,(H,18,21)/t12-/m0/s1. The lowest BCUT2D eigenvalue weighted by atomic mass is 10.1. The molecular formula is C17H21N3O4. The van der Waals surface area contributed by atoms with E-state index in [1.165, 1.54) is 0 Å². The molecule has 0 saturated carbocycles. The summed E-state index contributed by atoms with van der Waals surface area (Å²) in [4.78, 5) is 13.9. The topological polar surface area (TPSA) is 76.8 Å². The highest BCUT2D eigenvalue weighted by Crippen LogP contribution is 2.32. The van der Waals surface area contributed by atoms with E-state index in [0.29, 0.717) is 25.5 Å². The minimum Gasteiger partial charge on any atom is -0.486 e. The minimum absolute atomic E-state index is 0.158. The van der Waals surface area contributed by atoms with E-state index in [1.54, 1.807) is 11.9 Å². The molecule has 1 aliphatic heterocycles. The fourth-order valence-electron chi connectivity index (χ4n) is 2.52. The van der Waals surface area contributed by atoms with Crippen molar-refractivity contribution in [2.24, 2.45) is 0 Å². The lowest BCUT2D eigenvalue weighted by molar-refractivity contribution is 0.171. The molecule has 0 bridgehead atoms. The van der Waals surface area contributed by atoms with Crippen molar-refractivity contribution in [2.75, 3.05) is 20.3 Å². The molecule has 1 N–H and O–H groups in total. The van der Waals surface area contributed by atoms with Gasteiger partial charge in [0.05, 0.1) is 12.6 Å². The molecule has 1 aromatic carbocycles. The maximum Gasteiger partial charge on any atom is 0.317 e. The first-order valence-electron chi connectivity index (χ1n) is 7.86. The highest BCUT2D eigenvalue weighted by atomic mass is 16.6. The van der Waals surface area contributed by atoms with Crippen molar-refractivity contribution in [3.8, 4) is 11.5 Å². The Morgan fingerprint density at radius 2 is 2.04 bits per heavy atom. The summed E-state index contributed by atoms with van der Waals surface area (Å²) in [6, 6.07) is 7.18. The van der Waals surface area contributed by atoms with Gasteiger partial charge in [0.1, 0.15) is 24.7 Å². The van der Waals surface area contributed by atoms with Crippen molar-refractivity contribution in [1.82, 2.24) is 15.4 Å². The van der Waals surface area contributed by atoms with Gasteiger partial charge in [0.25, 0.3) is 0 Å². The van der Waals surface area contributed by atoms with Gasteiger partial charge in [0.15, 0.2) is 11.5 Å². The number of ether oxygens (including phenoxy) is 2. The van der Waals surface area contributed by atoms with E-state index >= 15 is 0 Å². The number of hydrogen-bond acceptors (Lipinski definition) is 5. The number of amides is 2. The molecule has 0 spiro atoms. The number of nitrogens with zero attached hydrogens (tertiary/aromatic N) is 2. The third kappa shape index (κ3) is 3.61. The van der Waals surface area contributed by atoms with Crippen LogP contribution in [-0.4, -0.2) is 36.3 Å². The Hall–Kier alpha value is -2.70. The molecule has 1 atom stereocenters. The van der Waals surface area contributed by atoms with Gasteiger partial charge in [0, 0.05) is 13.1 Å². The summed E-state index contributed by atoms with van der Waals surface area (Å²) in [5.41, 5.74) is 1.68. The lowest BCUT2D eigenvalue weighted by Gasteiger charge is -2.23. The van der Waals surface area contributed by atoms with Gasteiger partial charge in [-0.3, -0.25) is 0 Å². The SMILES string of the molecule is Cc1cc(CN(C)C(=O)N[C@@H](C)c2ccc3c(c2)OCCO3)no1. The average molecular weight is 331 g/mol. The van der Waals surface area contributed by atoms with E-state index in [2.05, 4.69) is 10.5 Å². The van der Waals surface area contributed by atoms with Crippen LogP contribution >= 0.6 is 0 Å². The van der Waals surface area contributed by atoms with Gasteiger partial charge in [-0.05, 0) is 31.5 Å². The van der Waals surface area contributed by atoms with Crippen LogP contribution in [0, 0.1) is 6.92 Å². The number of rotatable bonds is 4. The molecular weight excluding hydrogens is 310 g/mol. The summed E-state index contributed by atoms with van der Waals surface area (Å²) in [6.45, 7) is 5.23. The molecule has 7 nitrogen and oxygen atoms in total. The first kappa shape index (κ1) is 16.2. The normalized spacial score (nSPS) is 14.1. The third-order valence-corrected chi connectivity index (χ3v) is 3.83. The molecule has 0 fully saturated rings. The van der Waals surface area contributed by atoms with Crippen molar-refractivity contribution in [2.45, 2.75) is 26.4 Å². The molecule has 0 radical (unpaired) electrons. The summed E-state index contributed by atoms with van der Waals surface area (Å²) in [5.74, 6) is 2.18. The predicted octanol–water partition coefficient (Wildman–Crippen LogP) is 2.66. The Morgan fingerprint density at radius 3 is 2.75 bits per heavy atom. The molecule has 3 rings (SSSR count). The summed E-state index contributed by atoms with van der Waals surface area (Å²) >= 11 is 0. The van der Waals surface area contributed by atoms with Crippen molar-refractivity contribution in [3.05, 3.63) is 41.3 Å². The average Bonchev–Trinajstić information content (AvgIpc) is 2.99. The van der Waals surface area contributed by atoms with Crippen LogP contribution in [0.4, 0.5) is 4.79 Å². The van der Waals surface area contributed by atoms with Gasteiger partial charge in [-0.1, -0.05) is 11.2 Å². The molecule has 2 aromatic rings. The first-order valence-corrected chi connectivity index (χ1v) is 7.86. The zero-order valence-electron chi connectivity index (χ0n) is 14.0. The summed E-state index contributed by atoms with van der Waals surface area (Å²) in [5, 5.41) is 6.86. The van der Waals surface area contributed by atoms with E-state index in [9.17, 15) is 4.79 Å². The molecule has 1 aromatic heterocycles. The third-order valence-electron chi connectivity index (χ3n) is 3.83. The maximum absolute atomic E-state index is 12.3. The summed E-state index contributed by atoms with van der Waals surface area (Å²) < 4.78 is 16.1. The van der Waals surface area contributed by atoms with Crippen LogP contribution in [0.2, 0.25) is 0 Å². The molecule has 2 amide bonds. The van der Waals surface area contributed by atoms with E-state index in [4.69, 9.17) is 14.0 Å². The van der Waals surface area contributed by atoms with Gasteiger partial charge < -0.3 is 24.2 Å². The largest absolute Gasteiger partial charge is 0.486 e. The molecule has 24 heavy (non-hydrogen) atoms. The number of carbonyl (C=O) groups excluding carboxylic acids is 1. The fraction of sp³-hybridized carbons (Fsp3) is 0.412. The van der Waals surface area contributed by atoms with Gasteiger partial charge in [-0.25, -0.2) is 4.79 Å².